The molecule has 1 unspecified atom stereocenters. The molecule has 1 aromatic heterocycles. The van der Waals surface area contributed by atoms with Crippen molar-refractivity contribution in [3.63, 3.8) is 0 Å². The molecule has 1 aliphatic heterocycles. The number of hydrogen-bond donors (Lipinski definition) is 0. The molecule has 0 N–H and O–H groups in total. The van der Waals surface area contributed by atoms with Crippen molar-refractivity contribution < 1.29 is 4.52 Å². The molecule has 1 atom stereocenters. The molecule has 2 heterocycles. The average Bonchev–Trinajstić information content (AvgIpc) is 3.26. The van der Waals surface area contributed by atoms with Crippen LogP contribution in [0.5, 0.6) is 0 Å². The molecule has 3 aromatic rings. The summed E-state index contributed by atoms with van der Waals surface area (Å²) in [4.78, 5) is 7.06. The number of aryl methyl sites for hydroxylation is 1. The van der Waals surface area contributed by atoms with Crippen molar-refractivity contribution in [2.45, 2.75) is 38.8 Å². The molecule has 0 bridgehead atoms. The van der Waals surface area contributed by atoms with Crippen molar-refractivity contribution >= 4 is 0 Å². The number of rotatable bonds is 5. The summed E-state index contributed by atoms with van der Waals surface area (Å²) in [7, 11) is 0. The maximum absolute atomic E-state index is 5.51. The predicted octanol–water partition coefficient (Wildman–Crippen LogP) is 4.31. The van der Waals surface area contributed by atoms with Crippen LogP contribution >= 0.6 is 0 Å². The Morgan fingerprint density at radius 1 is 1.08 bits per heavy atom. The highest BCUT2D eigenvalue weighted by molar-refractivity contribution is 5.29. The Kier molecular flexibility index (Phi) is 4.61. The van der Waals surface area contributed by atoms with Crippen molar-refractivity contribution in [3.05, 3.63) is 83.0 Å². The highest BCUT2D eigenvalue weighted by Gasteiger charge is 2.28. The molecule has 1 fully saturated rings. The van der Waals surface area contributed by atoms with E-state index in [4.69, 9.17) is 4.52 Å². The van der Waals surface area contributed by atoms with Gasteiger partial charge in [0.2, 0.25) is 5.89 Å². The van der Waals surface area contributed by atoms with Gasteiger partial charge in [0.1, 0.15) is 0 Å². The lowest BCUT2D eigenvalue weighted by atomic mass is 9.99. The van der Waals surface area contributed by atoms with Crippen LogP contribution in [0.1, 0.15) is 47.3 Å². The molecule has 4 heteroatoms. The first kappa shape index (κ1) is 16.0. The van der Waals surface area contributed by atoms with Crippen molar-refractivity contribution in [2.75, 3.05) is 6.54 Å². The number of nitrogens with zero attached hydrogens (tertiary/aromatic N) is 3. The van der Waals surface area contributed by atoms with E-state index in [0.29, 0.717) is 18.4 Å². The summed E-state index contributed by atoms with van der Waals surface area (Å²) < 4.78 is 5.51. The van der Waals surface area contributed by atoms with E-state index >= 15 is 0 Å². The van der Waals surface area contributed by atoms with E-state index in [2.05, 4.69) is 58.4 Å². The first-order chi connectivity index (χ1) is 12.3. The van der Waals surface area contributed by atoms with Crippen molar-refractivity contribution in [1.82, 2.24) is 15.0 Å². The zero-order valence-electron chi connectivity index (χ0n) is 14.6. The molecule has 0 aliphatic carbocycles. The third-order valence-electron chi connectivity index (χ3n) is 4.96. The molecule has 2 aromatic carbocycles. The second-order valence-corrected chi connectivity index (χ2v) is 6.75. The van der Waals surface area contributed by atoms with E-state index < -0.39 is 0 Å². The van der Waals surface area contributed by atoms with Crippen LogP contribution in [-0.4, -0.2) is 21.6 Å². The zero-order chi connectivity index (χ0) is 17.1. The first-order valence-electron chi connectivity index (χ1n) is 8.94. The van der Waals surface area contributed by atoms with Crippen LogP contribution in [0.25, 0.3) is 0 Å². The number of benzene rings is 2. The lowest BCUT2D eigenvalue weighted by Gasteiger charge is -2.24. The van der Waals surface area contributed by atoms with Crippen molar-refractivity contribution in [1.29, 1.82) is 0 Å². The van der Waals surface area contributed by atoms with Gasteiger partial charge in [-0.3, -0.25) is 4.90 Å². The van der Waals surface area contributed by atoms with E-state index in [0.717, 1.165) is 18.9 Å². The number of aromatic nitrogens is 2. The van der Waals surface area contributed by atoms with Gasteiger partial charge in [-0.1, -0.05) is 59.8 Å². The van der Waals surface area contributed by atoms with Crippen molar-refractivity contribution in [3.8, 4) is 0 Å². The van der Waals surface area contributed by atoms with Gasteiger partial charge in [0, 0.05) is 12.5 Å². The van der Waals surface area contributed by atoms with Gasteiger partial charge < -0.3 is 4.52 Å². The Balaban J connectivity index is 1.46. The molecule has 128 valence electrons. The van der Waals surface area contributed by atoms with Gasteiger partial charge in [0.25, 0.3) is 0 Å². The van der Waals surface area contributed by atoms with Crippen LogP contribution in [0.15, 0.2) is 59.1 Å². The minimum Gasteiger partial charge on any atom is -0.338 e. The zero-order valence-corrected chi connectivity index (χ0v) is 14.6. The third kappa shape index (κ3) is 3.64. The van der Waals surface area contributed by atoms with Gasteiger partial charge in [0.15, 0.2) is 5.82 Å². The normalized spacial score (nSPS) is 17.9. The summed E-state index contributed by atoms with van der Waals surface area (Å²) >= 11 is 0. The summed E-state index contributed by atoms with van der Waals surface area (Å²) in [6, 6.07) is 19.4. The Bertz CT molecular complexity index is 828. The van der Waals surface area contributed by atoms with Gasteiger partial charge in [-0.25, -0.2) is 0 Å². The van der Waals surface area contributed by atoms with E-state index in [-0.39, 0.29) is 0 Å². The monoisotopic (exact) mass is 333 g/mol. The highest BCUT2D eigenvalue weighted by atomic mass is 16.5. The standard InChI is InChI=1S/C21H23N3O/c1-16-8-5-6-11-18(16)19-12-7-13-24(19)15-21-22-20(23-25-21)14-17-9-3-2-4-10-17/h2-6,8-11,19H,7,12-15H2,1H3. The van der Waals surface area contributed by atoms with Crippen LogP contribution < -0.4 is 0 Å². The van der Waals surface area contributed by atoms with E-state index in [1.165, 1.54) is 29.5 Å². The highest BCUT2D eigenvalue weighted by Crippen LogP contribution is 2.34. The largest absolute Gasteiger partial charge is 0.338 e. The fraction of sp³-hybridized carbons (Fsp3) is 0.333. The fourth-order valence-electron chi connectivity index (χ4n) is 3.71. The molecule has 0 radical (unpaired) electrons. The van der Waals surface area contributed by atoms with E-state index in [1.807, 2.05) is 18.2 Å². The lowest BCUT2D eigenvalue weighted by Crippen LogP contribution is -2.23. The Morgan fingerprint density at radius 3 is 2.72 bits per heavy atom. The minimum absolute atomic E-state index is 0.450. The molecular weight excluding hydrogens is 310 g/mol. The third-order valence-corrected chi connectivity index (χ3v) is 4.96. The maximum atomic E-state index is 5.51. The second kappa shape index (κ2) is 7.19. The maximum Gasteiger partial charge on any atom is 0.240 e. The van der Waals surface area contributed by atoms with Gasteiger partial charge in [0.05, 0.1) is 6.54 Å². The topological polar surface area (TPSA) is 42.2 Å². The molecule has 1 saturated heterocycles. The fourth-order valence-corrected chi connectivity index (χ4v) is 3.71. The van der Waals surface area contributed by atoms with Crippen LogP contribution in [0.4, 0.5) is 0 Å². The van der Waals surface area contributed by atoms with E-state index in [9.17, 15) is 0 Å². The minimum atomic E-state index is 0.450. The van der Waals surface area contributed by atoms with Gasteiger partial charge >= 0.3 is 0 Å². The quantitative estimate of drug-likeness (QED) is 0.698. The summed E-state index contributed by atoms with van der Waals surface area (Å²) in [6.07, 6.45) is 3.12. The lowest BCUT2D eigenvalue weighted by molar-refractivity contribution is 0.212. The van der Waals surface area contributed by atoms with Crippen LogP contribution in [0.3, 0.4) is 0 Å². The Labute approximate surface area is 148 Å². The number of hydrogen-bond acceptors (Lipinski definition) is 4. The van der Waals surface area contributed by atoms with Gasteiger partial charge in [-0.15, -0.1) is 0 Å². The number of likely N-dealkylation sites (tertiary alicyclic amines) is 1. The molecule has 25 heavy (non-hydrogen) atoms. The second-order valence-electron chi connectivity index (χ2n) is 6.75. The molecule has 0 spiro atoms. The average molecular weight is 333 g/mol. The molecular formula is C21H23N3O. The Morgan fingerprint density at radius 2 is 1.88 bits per heavy atom. The molecule has 0 amide bonds. The molecule has 0 saturated carbocycles. The van der Waals surface area contributed by atoms with Crippen LogP contribution in [0, 0.1) is 6.92 Å². The Hall–Kier alpha value is -2.46. The van der Waals surface area contributed by atoms with Crippen molar-refractivity contribution in [2.24, 2.45) is 0 Å². The summed E-state index contributed by atoms with van der Waals surface area (Å²) in [5.74, 6) is 1.47. The van der Waals surface area contributed by atoms with Crippen LogP contribution in [0.2, 0.25) is 0 Å². The molecule has 4 rings (SSSR count). The predicted molar refractivity (Wildman–Crippen MR) is 97.1 cm³/mol. The first-order valence-corrected chi connectivity index (χ1v) is 8.94. The smallest absolute Gasteiger partial charge is 0.240 e. The van der Waals surface area contributed by atoms with Gasteiger partial charge in [-0.05, 0) is 43.0 Å². The molecule has 4 nitrogen and oxygen atoms in total. The SMILES string of the molecule is Cc1ccccc1C1CCCN1Cc1nc(Cc2ccccc2)no1. The summed E-state index contributed by atoms with van der Waals surface area (Å²) in [6.45, 7) is 3.99. The summed E-state index contributed by atoms with van der Waals surface area (Å²) in [5, 5.41) is 4.16. The van der Waals surface area contributed by atoms with E-state index in [1.54, 1.807) is 0 Å². The van der Waals surface area contributed by atoms with Gasteiger partial charge in [-0.2, -0.15) is 4.98 Å². The van der Waals surface area contributed by atoms with Crippen LogP contribution in [-0.2, 0) is 13.0 Å². The summed E-state index contributed by atoms with van der Waals surface area (Å²) in [5.41, 5.74) is 3.98. The molecule has 1 aliphatic rings.